The van der Waals surface area contributed by atoms with Crippen LogP contribution >= 0.6 is 0 Å². The normalized spacial score (nSPS) is 11.8. The van der Waals surface area contributed by atoms with E-state index in [1.807, 2.05) is 24.3 Å². The summed E-state index contributed by atoms with van der Waals surface area (Å²) in [6.45, 7) is 0. The molecule has 0 saturated heterocycles. The van der Waals surface area contributed by atoms with E-state index in [9.17, 15) is 5.26 Å². The molecule has 3 aromatic heterocycles. The highest BCUT2D eigenvalue weighted by Gasteiger charge is 2.21. The van der Waals surface area contributed by atoms with Crippen LogP contribution in [-0.2, 0) is 0 Å². The van der Waals surface area contributed by atoms with Gasteiger partial charge in [-0.1, -0.05) is 97.1 Å². The first kappa shape index (κ1) is 25.7. The first-order valence-electron chi connectivity index (χ1n) is 15.8. The second kappa shape index (κ2) is 9.71. The predicted molar refractivity (Wildman–Crippen MR) is 193 cm³/mol. The molecule has 0 aliphatic carbocycles. The number of aromatic nitrogens is 2. The van der Waals surface area contributed by atoms with E-state index in [-0.39, 0.29) is 0 Å². The average molecular weight is 600 g/mol. The van der Waals surface area contributed by atoms with Crippen LogP contribution in [0.3, 0.4) is 0 Å². The van der Waals surface area contributed by atoms with Gasteiger partial charge in [0.05, 0.1) is 38.7 Å². The molecule has 0 fully saturated rings. The minimum Gasteiger partial charge on any atom is -0.455 e. The molecule has 0 aliphatic rings. The van der Waals surface area contributed by atoms with E-state index in [2.05, 4.69) is 143 Å². The lowest BCUT2D eigenvalue weighted by molar-refractivity contribution is 0.673. The van der Waals surface area contributed by atoms with Gasteiger partial charge in [-0.05, 0) is 60.2 Å². The van der Waals surface area contributed by atoms with Gasteiger partial charge in [-0.15, -0.1) is 0 Å². The Morgan fingerprint density at radius 1 is 0.489 bits per heavy atom. The van der Waals surface area contributed by atoms with Gasteiger partial charge in [-0.25, -0.2) is 0 Å². The number of para-hydroxylation sites is 5. The fourth-order valence-corrected chi connectivity index (χ4v) is 7.60. The molecule has 0 radical (unpaired) electrons. The molecule has 10 aromatic rings. The molecule has 47 heavy (non-hydrogen) atoms. The van der Waals surface area contributed by atoms with Crippen LogP contribution in [0.1, 0.15) is 5.56 Å². The highest BCUT2D eigenvalue weighted by Crippen LogP contribution is 2.42. The largest absolute Gasteiger partial charge is 0.455 e. The second-order valence-corrected chi connectivity index (χ2v) is 12.0. The minimum absolute atomic E-state index is 0.628. The monoisotopic (exact) mass is 599 g/mol. The molecule has 4 heteroatoms. The van der Waals surface area contributed by atoms with Crippen LogP contribution in [0.15, 0.2) is 156 Å². The zero-order valence-electron chi connectivity index (χ0n) is 25.2. The Bertz CT molecular complexity index is 2880. The van der Waals surface area contributed by atoms with E-state index in [0.717, 1.165) is 88.1 Å². The molecule has 0 spiro atoms. The summed E-state index contributed by atoms with van der Waals surface area (Å²) in [6, 6.07) is 55.2. The molecule has 7 aromatic carbocycles. The van der Waals surface area contributed by atoms with Crippen molar-refractivity contribution >= 4 is 65.6 Å². The summed E-state index contributed by atoms with van der Waals surface area (Å²) in [6.07, 6.45) is 0. The lowest BCUT2D eigenvalue weighted by Gasteiger charge is -2.17. The highest BCUT2D eigenvalue weighted by molar-refractivity contribution is 6.23. The molecule has 0 unspecified atom stereocenters. The molecular weight excluding hydrogens is 574 g/mol. The summed E-state index contributed by atoms with van der Waals surface area (Å²) >= 11 is 0. The average Bonchev–Trinajstić information content (AvgIpc) is 3.79. The second-order valence-electron chi connectivity index (χ2n) is 12.0. The van der Waals surface area contributed by atoms with E-state index in [4.69, 9.17) is 4.42 Å². The van der Waals surface area contributed by atoms with Crippen LogP contribution < -0.4 is 0 Å². The molecule has 3 heterocycles. The smallest absolute Gasteiger partial charge is 0.145 e. The van der Waals surface area contributed by atoms with Gasteiger partial charge in [-0.3, -0.25) is 0 Å². The first-order chi connectivity index (χ1) is 23.3. The van der Waals surface area contributed by atoms with E-state index >= 15 is 0 Å². The maximum Gasteiger partial charge on any atom is 0.145 e. The summed E-state index contributed by atoms with van der Waals surface area (Å²) in [5.41, 5.74) is 10.7. The Balaban J connectivity index is 1.25. The van der Waals surface area contributed by atoms with Gasteiger partial charge >= 0.3 is 0 Å². The number of hydrogen-bond donors (Lipinski definition) is 0. The highest BCUT2D eigenvalue weighted by atomic mass is 16.3. The molecule has 218 valence electrons. The van der Waals surface area contributed by atoms with Gasteiger partial charge in [0.25, 0.3) is 0 Å². The number of nitriles is 1. The van der Waals surface area contributed by atoms with Crippen LogP contribution in [0.5, 0.6) is 0 Å². The Hall–Kier alpha value is -6.57. The summed E-state index contributed by atoms with van der Waals surface area (Å²) in [7, 11) is 0. The molecule has 0 amide bonds. The maximum absolute atomic E-state index is 10.4. The van der Waals surface area contributed by atoms with E-state index < -0.39 is 0 Å². The van der Waals surface area contributed by atoms with E-state index in [1.54, 1.807) is 0 Å². The van der Waals surface area contributed by atoms with Crippen molar-refractivity contribution < 1.29 is 4.42 Å². The Labute approximate surface area is 269 Å². The van der Waals surface area contributed by atoms with Crippen molar-refractivity contribution in [3.05, 3.63) is 157 Å². The zero-order chi connectivity index (χ0) is 31.1. The summed E-state index contributed by atoms with van der Waals surface area (Å²) in [5, 5.41) is 17.3. The van der Waals surface area contributed by atoms with Crippen LogP contribution in [0, 0.1) is 11.3 Å². The van der Waals surface area contributed by atoms with Crippen molar-refractivity contribution in [3.63, 3.8) is 0 Å². The summed E-state index contributed by atoms with van der Waals surface area (Å²) < 4.78 is 11.1. The number of furan rings is 1. The van der Waals surface area contributed by atoms with Crippen molar-refractivity contribution in [1.82, 2.24) is 9.13 Å². The number of hydrogen-bond acceptors (Lipinski definition) is 2. The van der Waals surface area contributed by atoms with E-state index in [1.165, 1.54) is 0 Å². The number of benzene rings is 7. The molecule has 0 saturated carbocycles. The molecule has 10 rings (SSSR count). The lowest BCUT2D eigenvalue weighted by atomic mass is 9.99. The SMILES string of the molecule is N#Cc1cccc(-c2cccc(-n3c4ccccc4c4c5oc6ccccc6c5ccc43)c2)c1-n1c2ccccc2c2ccccc21. The molecule has 0 bridgehead atoms. The predicted octanol–water partition coefficient (Wildman–Crippen LogP) is 11.3. The third kappa shape index (κ3) is 3.57. The topological polar surface area (TPSA) is 46.8 Å². The Kier molecular flexibility index (Phi) is 5.32. The zero-order valence-corrected chi connectivity index (χ0v) is 25.2. The first-order valence-corrected chi connectivity index (χ1v) is 15.8. The fourth-order valence-electron chi connectivity index (χ4n) is 7.60. The summed E-state index contributed by atoms with van der Waals surface area (Å²) in [5.74, 6) is 0. The molecule has 0 N–H and O–H groups in total. The quantitative estimate of drug-likeness (QED) is 0.203. The van der Waals surface area contributed by atoms with Crippen molar-refractivity contribution in [2.45, 2.75) is 0 Å². The number of fused-ring (bicyclic) bond motifs is 10. The van der Waals surface area contributed by atoms with Gasteiger partial charge in [0.15, 0.2) is 0 Å². The third-order valence-corrected chi connectivity index (χ3v) is 9.56. The van der Waals surface area contributed by atoms with Crippen LogP contribution in [0.25, 0.3) is 88.1 Å². The maximum atomic E-state index is 10.4. The standard InChI is InChI=1S/C43H25N3O/c44-26-28-12-10-18-30(42(28)46-36-19-5-1-14-31(36)32-15-2-6-20-37(32)46)27-11-9-13-29(25-27)45-38-21-7-3-17-35(38)41-39(45)24-23-34-33-16-4-8-22-40(33)47-43(34)41/h1-25H. The fraction of sp³-hybridized carbons (Fsp3) is 0. The number of rotatable bonds is 3. The van der Waals surface area contributed by atoms with Gasteiger partial charge in [0, 0.05) is 38.2 Å². The molecular formula is C43H25N3O. The van der Waals surface area contributed by atoms with Gasteiger partial charge in [-0.2, -0.15) is 5.26 Å². The van der Waals surface area contributed by atoms with Gasteiger partial charge in [0.2, 0.25) is 0 Å². The van der Waals surface area contributed by atoms with Crippen molar-refractivity contribution in [2.75, 3.05) is 0 Å². The molecule has 0 aliphatic heterocycles. The number of nitrogens with zero attached hydrogens (tertiary/aromatic N) is 3. The summed E-state index contributed by atoms with van der Waals surface area (Å²) in [4.78, 5) is 0. The van der Waals surface area contributed by atoms with Crippen molar-refractivity contribution in [1.29, 1.82) is 5.26 Å². The Morgan fingerprint density at radius 3 is 1.87 bits per heavy atom. The van der Waals surface area contributed by atoms with Crippen LogP contribution in [0.4, 0.5) is 0 Å². The Morgan fingerprint density at radius 2 is 1.13 bits per heavy atom. The van der Waals surface area contributed by atoms with Gasteiger partial charge < -0.3 is 13.6 Å². The van der Waals surface area contributed by atoms with Crippen LogP contribution in [-0.4, -0.2) is 9.13 Å². The van der Waals surface area contributed by atoms with Crippen molar-refractivity contribution in [3.8, 4) is 28.6 Å². The van der Waals surface area contributed by atoms with Gasteiger partial charge in [0.1, 0.15) is 17.2 Å². The van der Waals surface area contributed by atoms with E-state index in [0.29, 0.717) is 5.56 Å². The van der Waals surface area contributed by atoms with Crippen molar-refractivity contribution in [2.24, 2.45) is 0 Å². The molecule has 4 nitrogen and oxygen atoms in total. The minimum atomic E-state index is 0.628. The third-order valence-electron chi connectivity index (χ3n) is 9.56. The molecule has 0 atom stereocenters. The lowest BCUT2D eigenvalue weighted by Crippen LogP contribution is -2.01. The van der Waals surface area contributed by atoms with Crippen LogP contribution in [0.2, 0.25) is 0 Å².